The number of phenols is 1. The minimum absolute atomic E-state index is 0.0105. The number of piperidine rings is 1. The Balaban J connectivity index is 1.64. The van der Waals surface area contributed by atoms with E-state index < -0.39 is 0 Å². The summed E-state index contributed by atoms with van der Waals surface area (Å²) in [7, 11) is 0. The molecule has 24 heavy (non-hydrogen) atoms. The van der Waals surface area contributed by atoms with Gasteiger partial charge in [0.2, 0.25) is 0 Å². The number of aromatic hydroxyl groups is 1. The molecule has 1 saturated heterocycles. The molecule has 1 heterocycles. The molecule has 1 aliphatic heterocycles. The molecule has 0 bridgehead atoms. The fourth-order valence-electron chi connectivity index (χ4n) is 4.26. The summed E-state index contributed by atoms with van der Waals surface area (Å²) in [4.78, 5) is 15.0. The normalized spacial score (nSPS) is 22.6. The Kier molecular flexibility index (Phi) is 3.97. The zero-order valence-electron chi connectivity index (χ0n) is 13.4. The topological polar surface area (TPSA) is 40.5 Å². The van der Waals surface area contributed by atoms with Crippen LogP contribution in [0, 0.1) is 0 Å². The number of amides is 1. The van der Waals surface area contributed by atoms with Gasteiger partial charge in [-0.15, -0.1) is 0 Å². The first-order valence-corrected chi connectivity index (χ1v) is 8.90. The van der Waals surface area contributed by atoms with Gasteiger partial charge < -0.3 is 10.0 Å². The molecule has 2 aliphatic rings. The van der Waals surface area contributed by atoms with Crippen molar-refractivity contribution >= 4 is 17.5 Å². The van der Waals surface area contributed by atoms with Crippen molar-refractivity contribution < 1.29 is 9.90 Å². The second kappa shape index (κ2) is 6.14. The van der Waals surface area contributed by atoms with Crippen LogP contribution in [0.15, 0.2) is 42.5 Å². The number of carbonyl (C=O) groups is 1. The third-order valence-corrected chi connectivity index (χ3v) is 5.70. The SMILES string of the molecule is O=C(c1ccc(O)c(Cl)c1)N1CCCC2c3ccccc3CCC21. The van der Waals surface area contributed by atoms with E-state index in [-0.39, 0.29) is 22.7 Å². The van der Waals surface area contributed by atoms with Crippen molar-refractivity contribution in [3.05, 3.63) is 64.2 Å². The van der Waals surface area contributed by atoms with Crippen molar-refractivity contribution in [1.82, 2.24) is 4.90 Å². The highest BCUT2D eigenvalue weighted by atomic mass is 35.5. The molecule has 3 nitrogen and oxygen atoms in total. The van der Waals surface area contributed by atoms with Crippen LogP contribution in [0.3, 0.4) is 0 Å². The fraction of sp³-hybridized carbons (Fsp3) is 0.350. The average Bonchev–Trinajstić information content (AvgIpc) is 2.62. The predicted octanol–water partition coefficient (Wildman–Crippen LogP) is 4.38. The van der Waals surface area contributed by atoms with E-state index in [2.05, 4.69) is 24.3 Å². The number of phenolic OH excluding ortho intramolecular Hbond substituents is 1. The zero-order valence-corrected chi connectivity index (χ0v) is 14.2. The highest BCUT2D eigenvalue weighted by Crippen LogP contribution is 2.41. The summed E-state index contributed by atoms with van der Waals surface area (Å²) in [6.07, 6.45) is 4.20. The van der Waals surface area contributed by atoms with Gasteiger partial charge in [-0.25, -0.2) is 0 Å². The summed E-state index contributed by atoms with van der Waals surface area (Å²) < 4.78 is 0. The van der Waals surface area contributed by atoms with Crippen LogP contribution >= 0.6 is 11.6 Å². The molecule has 0 saturated carbocycles. The molecule has 1 amide bonds. The molecule has 4 rings (SSSR count). The molecular formula is C20H20ClNO2. The van der Waals surface area contributed by atoms with E-state index >= 15 is 0 Å². The second-order valence-corrected chi connectivity index (χ2v) is 7.13. The van der Waals surface area contributed by atoms with Gasteiger partial charge in [0.1, 0.15) is 5.75 Å². The third-order valence-electron chi connectivity index (χ3n) is 5.40. The van der Waals surface area contributed by atoms with Gasteiger partial charge >= 0.3 is 0 Å². The van der Waals surface area contributed by atoms with E-state index in [1.807, 2.05) is 4.90 Å². The Labute approximate surface area is 146 Å². The van der Waals surface area contributed by atoms with Crippen molar-refractivity contribution in [3.63, 3.8) is 0 Å². The molecule has 1 N–H and O–H groups in total. The van der Waals surface area contributed by atoms with Gasteiger partial charge in [0.05, 0.1) is 5.02 Å². The summed E-state index contributed by atoms with van der Waals surface area (Å²) in [6.45, 7) is 0.792. The molecule has 2 atom stereocenters. The van der Waals surface area contributed by atoms with Crippen LogP contribution in [-0.4, -0.2) is 28.5 Å². The molecule has 4 heteroatoms. The number of fused-ring (bicyclic) bond motifs is 3. The number of halogens is 1. The van der Waals surface area contributed by atoms with Crippen LogP contribution < -0.4 is 0 Å². The largest absolute Gasteiger partial charge is 0.506 e. The van der Waals surface area contributed by atoms with Crippen molar-refractivity contribution in [2.45, 2.75) is 37.6 Å². The molecule has 0 spiro atoms. The Morgan fingerprint density at radius 1 is 1.17 bits per heavy atom. The number of hydrogen-bond acceptors (Lipinski definition) is 2. The highest BCUT2D eigenvalue weighted by molar-refractivity contribution is 6.32. The quantitative estimate of drug-likeness (QED) is 0.836. The smallest absolute Gasteiger partial charge is 0.254 e. The number of carbonyl (C=O) groups excluding carboxylic acids is 1. The van der Waals surface area contributed by atoms with Crippen molar-refractivity contribution in [1.29, 1.82) is 0 Å². The summed E-state index contributed by atoms with van der Waals surface area (Å²) in [5.74, 6) is 0.461. The first kappa shape index (κ1) is 15.5. The number of aryl methyl sites for hydroxylation is 1. The lowest BCUT2D eigenvalue weighted by atomic mass is 9.74. The van der Waals surface area contributed by atoms with Gasteiger partial charge in [0.15, 0.2) is 0 Å². The van der Waals surface area contributed by atoms with Gasteiger partial charge in [-0.1, -0.05) is 35.9 Å². The standard InChI is InChI=1S/C20H20ClNO2/c21-17-12-14(8-10-19(17)23)20(24)22-11-3-6-16-15-5-2-1-4-13(15)7-9-18(16)22/h1-2,4-5,8,10,12,16,18,23H,3,6-7,9,11H2. The van der Waals surface area contributed by atoms with E-state index in [0.717, 1.165) is 32.2 Å². The fourth-order valence-corrected chi connectivity index (χ4v) is 4.44. The van der Waals surface area contributed by atoms with Crippen LogP contribution in [0.2, 0.25) is 5.02 Å². The molecular weight excluding hydrogens is 322 g/mol. The zero-order chi connectivity index (χ0) is 16.7. The summed E-state index contributed by atoms with van der Waals surface area (Å²) in [5.41, 5.74) is 3.40. The van der Waals surface area contributed by atoms with E-state index in [0.29, 0.717) is 11.5 Å². The highest BCUT2D eigenvalue weighted by Gasteiger charge is 2.38. The maximum atomic E-state index is 13.0. The summed E-state index contributed by atoms with van der Waals surface area (Å²) in [6, 6.07) is 13.6. The molecule has 2 unspecified atom stereocenters. The predicted molar refractivity (Wildman–Crippen MR) is 94.7 cm³/mol. The van der Waals surface area contributed by atoms with Crippen LogP contribution in [0.5, 0.6) is 5.75 Å². The number of hydrogen-bond donors (Lipinski definition) is 1. The van der Waals surface area contributed by atoms with Crippen molar-refractivity contribution in [2.24, 2.45) is 0 Å². The molecule has 1 fully saturated rings. The number of benzene rings is 2. The number of rotatable bonds is 1. The van der Waals surface area contributed by atoms with Crippen molar-refractivity contribution in [3.8, 4) is 5.75 Å². The van der Waals surface area contributed by atoms with Gasteiger partial charge in [-0.3, -0.25) is 4.79 Å². The maximum absolute atomic E-state index is 13.0. The second-order valence-electron chi connectivity index (χ2n) is 6.72. The molecule has 0 radical (unpaired) electrons. The minimum Gasteiger partial charge on any atom is -0.506 e. The lowest BCUT2D eigenvalue weighted by Gasteiger charge is -2.45. The molecule has 2 aromatic carbocycles. The third kappa shape index (κ3) is 2.57. The Bertz CT molecular complexity index is 789. The number of nitrogens with zero attached hydrogens (tertiary/aromatic N) is 1. The van der Waals surface area contributed by atoms with Crippen LogP contribution in [0.1, 0.15) is 46.7 Å². The maximum Gasteiger partial charge on any atom is 0.254 e. The molecule has 0 aromatic heterocycles. The lowest BCUT2D eigenvalue weighted by Crippen LogP contribution is -2.49. The van der Waals surface area contributed by atoms with Gasteiger partial charge in [0.25, 0.3) is 5.91 Å². The van der Waals surface area contributed by atoms with Crippen LogP contribution in [0.4, 0.5) is 0 Å². The summed E-state index contributed by atoms with van der Waals surface area (Å²) >= 11 is 5.98. The molecule has 124 valence electrons. The summed E-state index contributed by atoms with van der Waals surface area (Å²) in [5, 5.41) is 9.80. The average molecular weight is 342 g/mol. The van der Waals surface area contributed by atoms with Gasteiger partial charge in [0, 0.05) is 24.1 Å². The van der Waals surface area contributed by atoms with E-state index in [1.165, 1.54) is 17.2 Å². The monoisotopic (exact) mass is 341 g/mol. The van der Waals surface area contributed by atoms with Crippen LogP contribution in [0.25, 0.3) is 0 Å². The van der Waals surface area contributed by atoms with Crippen molar-refractivity contribution in [2.75, 3.05) is 6.54 Å². The van der Waals surface area contributed by atoms with Gasteiger partial charge in [-0.2, -0.15) is 0 Å². The van der Waals surface area contributed by atoms with E-state index in [1.54, 1.807) is 12.1 Å². The minimum atomic E-state index is 0.0105. The first-order chi connectivity index (χ1) is 11.6. The lowest BCUT2D eigenvalue weighted by molar-refractivity contribution is 0.0547. The molecule has 2 aromatic rings. The molecule has 1 aliphatic carbocycles. The number of likely N-dealkylation sites (tertiary alicyclic amines) is 1. The first-order valence-electron chi connectivity index (χ1n) is 8.52. The van der Waals surface area contributed by atoms with E-state index in [9.17, 15) is 9.90 Å². The van der Waals surface area contributed by atoms with Crippen LogP contribution in [-0.2, 0) is 6.42 Å². The van der Waals surface area contributed by atoms with Gasteiger partial charge in [-0.05, 0) is 55.0 Å². The van der Waals surface area contributed by atoms with E-state index in [4.69, 9.17) is 11.6 Å². The Morgan fingerprint density at radius 2 is 2.00 bits per heavy atom. The Hall–Kier alpha value is -2.00. The Morgan fingerprint density at radius 3 is 2.83 bits per heavy atom.